The molecule has 1 N–H and O–H groups in total. The summed E-state index contributed by atoms with van der Waals surface area (Å²) in [5, 5.41) is 2.86. The second kappa shape index (κ2) is 8.02. The van der Waals surface area contributed by atoms with E-state index < -0.39 is 10.0 Å². The predicted octanol–water partition coefficient (Wildman–Crippen LogP) is 2.45. The molecule has 0 aliphatic carbocycles. The van der Waals surface area contributed by atoms with Gasteiger partial charge >= 0.3 is 0 Å². The van der Waals surface area contributed by atoms with E-state index in [0.29, 0.717) is 19.5 Å². The van der Waals surface area contributed by atoms with Gasteiger partial charge in [-0.25, -0.2) is 8.42 Å². The number of piperidine rings is 1. The Morgan fingerprint density at radius 2 is 2.00 bits per heavy atom. The van der Waals surface area contributed by atoms with E-state index in [0.717, 1.165) is 11.3 Å². The molecule has 0 radical (unpaired) electrons. The summed E-state index contributed by atoms with van der Waals surface area (Å²) in [5.74, 6) is -0.224. The molecule has 1 aromatic carbocycles. The van der Waals surface area contributed by atoms with Crippen molar-refractivity contribution in [3.05, 3.63) is 61.3 Å². The summed E-state index contributed by atoms with van der Waals surface area (Å²) in [6.45, 7) is 6.09. The number of sulfonamides is 1. The summed E-state index contributed by atoms with van der Waals surface area (Å²) in [5.41, 5.74) is 1.67. The molecule has 6 nitrogen and oxygen atoms in total. The maximum absolute atomic E-state index is 12.9. The lowest BCUT2D eigenvalue weighted by atomic mass is 9.95. The van der Waals surface area contributed by atoms with Crippen molar-refractivity contribution < 1.29 is 13.2 Å². The van der Waals surface area contributed by atoms with E-state index in [1.54, 1.807) is 12.1 Å². The number of benzene rings is 1. The normalized spacial score (nSPS) is 20.8. The van der Waals surface area contributed by atoms with Gasteiger partial charge in [0.15, 0.2) is 0 Å². The summed E-state index contributed by atoms with van der Waals surface area (Å²) in [4.78, 5) is 16.0. The van der Waals surface area contributed by atoms with Crippen molar-refractivity contribution in [3.63, 3.8) is 0 Å². The van der Waals surface area contributed by atoms with Crippen molar-refractivity contribution in [2.24, 2.45) is 5.92 Å². The van der Waals surface area contributed by atoms with Crippen LogP contribution >= 0.6 is 0 Å². The van der Waals surface area contributed by atoms with Crippen LogP contribution in [0.2, 0.25) is 0 Å². The first-order valence-electron chi connectivity index (χ1n) is 8.86. The maximum Gasteiger partial charge on any atom is 0.244 e. The first kappa shape index (κ1) is 19.3. The molecule has 0 spiro atoms. The number of carbonyl (C=O) groups excluding carboxylic acids is 1. The highest BCUT2D eigenvalue weighted by Crippen LogP contribution is 2.25. The zero-order valence-corrected chi connectivity index (χ0v) is 16.0. The third-order valence-electron chi connectivity index (χ3n) is 4.82. The van der Waals surface area contributed by atoms with Gasteiger partial charge in [-0.1, -0.05) is 43.8 Å². The highest BCUT2D eigenvalue weighted by Gasteiger charge is 2.34. The standard InChI is InChI=1S/C20H23N3O3S/c1-3-20(24)22-18-11-12-23(14-15(18)2)27(25,26)17-9-10-19(21-13-17)16-7-5-4-6-8-16/h3-10,13,15,18H,1,11-12,14H2,2H3,(H,22,24). The molecule has 1 amide bonds. The lowest BCUT2D eigenvalue weighted by Crippen LogP contribution is -2.51. The second-order valence-electron chi connectivity index (χ2n) is 6.69. The molecule has 142 valence electrons. The molecule has 1 aliphatic heterocycles. The molecule has 0 bridgehead atoms. The van der Waals surface area contributed by atoms with Crippen LogP contribution in [0.15, 0.2) is 66.2 Å². The maximum atomic E-state index is 12.9. The molecule has 3 rings (SSSR count). The fourth-order valence-corrected chi connectivity index (χ4v) is 4.74. The number of nitrogens with one attached hydrogen (secondary N) is 1. The Morgan fingerprint density at radius 1 is 1.26 bits per heavy atom. The van der Waals surface area contributed by atoms with Crippen molar-refractivity contribution in [2.75, 3.05) is 13.1 Å². The Morgan fingerprint density at radius 3 is 2.59 bits per heavy atom. The van der Waals surface area contributed by atoms with Crippen LogP contribution < -0.4 is 5.32 Å². The van der Waals surface area contributed by atoms with Gasteiger partial charge in [0, 0.05) is 30.9 Å². The second-order valence-corrected chi connectivity index (χ2v) is 8.63. The number of carbonyl (C=O) groups is 1. The molecular weight excluding hydrogens is 362 g/mol. The average Bonchev–Trinajstić information content (AvgIpc) is 2.70. The van der Waals surface area contributed by atoms with E-state index in [1.807, 2.05) is 37.3 Å². The van der Waals surface area contributed by atoms with E-state index in [1.165, 1.54) is 16.6 Å². The molecule has 1 aromatic heterocycles. The third-order valence-corrected chi connectivity index (χ3v) is 6.67. The third kappa shape index (κ3) is 4.26. The van der Waals surface area contributed by atoms with Crippen LogP contribution in [0.5, 0.6) is 0 Å². The van der Waals surface area contributed by atoms with Gasteiger partial charge in [0.25, 0.3) is 0 Å². The number of hydrogen-bond donors (Lipinski definition) is 1. The largest absolute Gasteiger partial charge is 0.349 e. The highest BCUT2D eigenvalue weighted by atomic mass is 32.2. The van der Waals surface area contributed by atoms with E-state index in [9.17, 15) is 13.2 Å². The van der Waals surface area contributed by atoms with Crippen molar-refractivity contribution in [3.8, 4) is 11.3 Å². The Balaban J connectivity index is 1.73. The van der Waals surface area contributed by atoms with Crippen LogP contribution in [-0.4, -0.2) is 42.7 Å². The molecule has 1 fully saturated rings. The van der Waals surface area contributed by atoms with Crippen molar-refractivity contribution in [2.45, 2.75) is 24.3 Å². The molecule has 7 heteroatoms. The van der Waals surface area contributed by atoms with Gasteiger partial charge in [-0.2, -0.15) is 4.31 Å². The van der Waals surface area contributed by atoms with E-state index in [2.05, 4.69) is 16.9 Å². The van der Waals surface area contributed by atoms with Gasteiger partial charge in [0.2, 0.25) is 15.9 Å². The minimum absolute atomic E-state index is 0.00831. The minimum atomic E-state index is -3.61. The van der Waals surface area contributed by atoms with Crippen molar-refractivity contribution in [1.29, 1.82) is 0 Å². The Bertz CT molecular complexity index is 911. The smallest absolute Gasteiger partial charge is 0.244 e. The summed E-state index contributed by atoms with van der Waals surface area (Å²) in [6, 6.07) is 12.9. The molecule has 1 aliphatic rings. The van der Waals surface area contributed by atoms with Gasteiger partial charge in [-0.3, -0.25) is 9.78 Å². The van der Waals surface area contributed by atoms with Crippen LogP contribution in [0.1, 0.15) is 13.3 Å². The van der Waals surface area contributed by atoms with Crippen LogP contribution in [-0.2, 0) is 14.8 Å². The van der Waals surface area contributed by atoms with Crippen LogP contribution in [0.4, 0.5) is 0 Å². The number of pyridine rings is 1. The number of aromatic nitrogens is 1. The zero-order valence-electron chi connectivity index (χ0n) is 15.2. The highest BCUT2D eigenvalue weighted by molar-refractivity contribution is 7.89. The predicted molar refractivity (Wildman–Crippen MR) is 104 cm³/mol. The number of hydrogen-bond acceptors (Lipinski definition) is 4. The first-order valence-corrected chi connectivity index (χ1v) is 10.3. The molecule has 27 heavy (non-hydrogen) atoms. The number of rotatable bonds is 5. The molecule has 2 aromatic rings. The summed E-state index contributed by atoms with van der Waals surface area (Å²) >= 11 is 0. The summed E-state index contributed by atoms with van der Waals surface area (Å²) < 4.78 is 27.4. The molecule has 2 heterocycles. The quantitative estimate of drug-likeness (QED) is 0.802. The number of nitrogens with zero attached hydrogens (tertiary/aromatic N) is 2. The molecule has 2 atom stereocenters. The summed E-state index contributed by atoms with van der Waals surface area (Å²) in [7, 11) is -3.61. The van der Waals surface area contributed by atoms with Gasteiger partial charge < -0.3 is 5.32 Å². The Hall–Kier alpha value is -2.51. The number of amides is 1. The molecular formula is C20H23N3O3S. The molecule has 2 unspecified atom stereocenters. The minimum Gasteiger partial charge on any atom is -0.349 e. The fraction of sp³-hybridized carbons (Fsp3) is 0.300. The van der Waals surface area contributed by atoms with Gasteiger partial charge in [-0.15, -0.1) is 0 Å². The van der Waals surface area contributed by atoms with Crippen LogP contribution in [0.3, 0.4) is 0 Å². The SMILES string of the molecule is C=CC(=O)NC1CCN(S(=O)(=O)c2ccc(-c3ccccc3)nc2)CC1C. The first-order chi connectivity index (χ1) is 12.9. The zero-order chi connectivity index (χ0) is 19.4. The monoisotopic (exact) mass is 385 g/mol. The van der Waals surface area contributed by atoms with E-state index in [4.69, 9.17) is 0 Å². The van der Waals surface area contributed by atoms with Crippen LogP contribution in [0, 0.1) is 5.92 Å². The van der Waals surface area contributed by atoms with Gasteiger partial charge in [0.1, 0.15) is 4.90 Å². The lowest BCUT2D eigenvalue weighted by Gasteiger charge is -2.36. The van der Waals surface area contributed by atoms with E-state index in [-0.39, 0.29) is 22.8 Å². The van der Waals surface area contributed by atoms with Crippen LogP contribution in [0.25, 0.3) is 11.3 Å². The molecule has 1 saturated heterocycles. The lowest BCUT2D eigenvalue weighted by molar-refractivity contribution is -0.117. The topological polar surface area (TPSA) is 79.4 Å². The average molecular weight is 385 g/mol. The van der Waals surface area contributed by atoms with Gasteiger partial charge in [0.05, 0.1) is 5.69 Å². The fourth-order valence-electron chi connectivity index (χ4n) is 3.24. The summed E-state index contributed by atoms with van der Waals surface area (Å²) in [6.07, 6.45) is 3.21. The molecule has 0 saturated carbocycles. The van der Waals surface area contributed by atoms with Crippen molar-refractivity contribution in [1.82, 2.24) is 14.6 Å². The van der Waals surface area contributed by atoms with E-state index >= 15 is 0 Å². The Kier molecular flexibility index (Phi) is 5.72. The van der Waals surface area contributed by atoms with Gasteiger partial charge in [-0.05, 0) is 30.5 Å². The van der Waals surface area contributed by atoms with Crippen molar-refractivity contribution >= 4 is 15.9 Å². The Labute approximate surface area is 160 Å².